The number of rotatable bonds is 11. The first-order valence-electron chi connectivity index (χ1n) is 8.99. The number of carbonyl (C=O) groups excluding carboxylic acids is 2. The second kappa shape index (κ2) is 11.0. The number of anilines is 1. The normalized spacial score (nSPS) is 11.6. The van der Waals surface area contributed by atoms with E-state index >= 15 is 0 Å². The number of fused-ring (bicyclic) bond motifs is 1. The molecule has 0 aliphatic rings. The number of aromatic nitrogens is 1. The highest BCUT2D eigenvalue weighted by Gasteiger charge is 2.16. The molecule has 9 heteroatoms. The average Bonchev–Trinajstić information content (AvgIpc) is 3.03. The highest BCUT2D eigenvalue weighted by molar-refractivity contribution is 8.01. The maximum absolute atomic E-state index is 12.1. The molecular weight excluding hydrogens is 414 g/mol. The number of nitrogens with one attached hydrogen (secondary N) is 2. The molecule has 154 valence electrons. The molecule has 0 unspecified atom stereocenters. The molecule has 0 fully saturated rings. The molecule has 1 heterocycles. The van der Waals surface area contributed by atoms with Crippen LogP contribution in [-0.2, 0) is 14.3 Å². The van der Waals surface area contributed by atoms with Gasteiger partial charge in [-0.15, -0.1) is 23.1 Å². The van der Waals surface area contributed by atoms with Gasteiger partial charge in [-0.1, -0.05) is 11.8 Å². The Bertz CT molecular complexity index is 808. The Morgan fingerprint density at radius 3 is 2.79 bits per heavy atom. The number of benzene rings is 1. The first kappa shape index (κ1) is 23.0. The van der Waals surface area contributed by atoms with E-state index in [9.17, 15) is 9.59 Å². The Morgan fingerprint density at radius 2 is 2.07 bits per heavy atom. The first-order chi connectivity index (χ1) is 13.3. The molecule has 1 aromatic heterocycles. The third-order valence-electron chi connectivity index (χ3n) is 4.03. The van der Waals surface area contributed by atoms with Crippen LogP contribution in [0.2, 0.25) is 0 Å². The minimum Gasteiger partial charge on any atom is -0.379 e. The molecule has 0 atom stereocenters. The summed E-state index contributed by atoms with van der Waals surface area (Å²) < 4.78 is 7.54. The Balaban J connectivity index is 1.83. The van der Waals surface area contributed by atoms with Gasteiger partial charge in [0, 0.05) is 37.6 Å². The predicted molar refractivity (Wildman–Crippen MR) is 120 cm³/mol. The summed E-state index contributed by atoms with van der Waals surface area (Å²) in [5, 5.41) is 5.62. The van der Waals surface area contributed by atoms with Gasteiger partial charge in [-0.2, -0.15) is 0 Å². The minimum absolute atomic E-state index is 0.0319. The van der Waals surface area contributed by atoms with Gasteiger partial charge in [-0.05, 0) is 38.5 Å². The van der Waals surface area contributed by atoms with Crippen molar-refractivity contribution in [3.05, 3.63) is 18.2 Å². The largest absolute Gasteiger partial charge is 0.379 e. The van der Waals surface area contributed by atoms with Crippen molar-refractivity contribution in [2.45, 2.75) is 43.6 Å². The maximum Gasteiger partial charge on any atom is 0.225 e. The molecule has 0 saturated carbocycles. The molecule has 0 aliphatic carbocycles. The van der Waals surface area contributed by atoms with Crippen LogP contribution >= 0.6 is 34.9 Å². The number of hydrogen-bond donors (Lipinski definition) is 2. The molecule has 1 aromatic carbocycles. The van der Waals surface area contributed by atoms with Gasteiger partial charge in [0.2, 0.25) is 11.8 Å². The summed E-state index contributed by atoms with van der Waals surface area (Å²) in [5.41, 5.74) is 1.61. The summed E-state index contributed by atoms with van der Waals surface area (Å²) in [5.74, 6) is 2.04. The quantitative estimate of drug-likeness (QED) is 0.306. The van der Waals surface area contributed by atoms with Gasteiger partial charge >= 0.3 is 0 Å². The Labute approximate surface area is 178 Å². The van der Waals surface area contributed by atoms with Crippen molar-refractivity contribution in [3.8, 4) is 0 Å². The van der Waals surface area contributed by atoms with Crippen LogP contribution in [-0.4, -0.2) is 46.9 Å². The van der Waals surface area contributed by atoms with E-state index in [1.807, 2.05) is 18.2 Å². The third kappa shape index (κ3) is 7.98. The number of thioether (sulfide) groups is 2. The number of thiazole rings is 1. The van der Waals surface area contributed by atoms with Crippen LogP contribution in [0.4, 0.5) is 5.69 Å². The van der Waals surface area contributed by atoms with Gasteiger partial charge in [0.25, 0.3) is 0 Å². The first-order valence-corrected chi connectivity index (χ1v) is 12.0. The molecule has 6 nitrogen and oxygen atoms in total. The molecule has 2 aromatic rings. The molecule has 2 rings (SSSR count). The van der Waals surface area contributed by atoms with Crippen molar-refractivity contribution in [1.82, 2.24) is 10.3 Å². The number of hydrogen-bond acceptors (Lipinski definition) is 7. The molecule has 0 radical (unpaired) electrons. The summed E-state index contributed by atoms with van der Waals surface area (Å²) in [6.07, 6.45) is 1.35. The Morgan fingerprint density at radius 1 is 1.29 bits per heavy atom. The van der Waals surface area contributed by atoms with Gasteiger partial charge in [0.15, 0.2) is 4.34 Å². The summed E-state index contributed by atoms with van der Waals surface area (Å²) >= 11 is 4.90. The second-order valence-corrected chi connectivity index (χ2v) is 10.3. The van der Waals surface area contributed by atoms with E-state index in [0.29, 0.717) is 18.1 Å². The van der Waals surface area contributed by atoms with Gasteiger partial charge in [0.1, 0.15) is 0 Å². The van der Waals surface area contributed by atoms with E-state index in [1.54, 1.807) is 30.2 Å². The number of nitrogens with zero attached hydrogens (tertiary/aromatic N) is 1. The average molecular weight is 442 g/mol. The highest BCUT2D eigenvalue weighted by Crippen LogP contribution is 2.32. The lowest BCUT2D eigenvalue weighted by Crippen LogP contribution is -2.22. The van der Waals surface area contributed by atoms with Crippen LogP contribution < -0.4 is 10.6 Å². The molecule has 0 spiro atoms. The van der Waals surface area contributed by atoms with E-state index in [2.05, 4.69) is 29.5 Å². The van der Waals surface area contributed by atoms with Crippen LogP contribution in [0.15, 0.2) is 22.5 Å². The third-order valence-corrected chi connectivity index (χ3v) is 7.04. The van der Waals surface area contributed by atoms with Crippen LogP contribution in [0.5, 0.6) is 0 Å². The van der Waals surface area contributed by atoms with E-state index in [0.717, 1.165) is 32.4 Å². The van der Waals surface area contributed by atoms with Crippen LogP contribution in [0.25, 0.3) is 10.2 Å². The zero-order valence-electron chi connectivity index (χ0n) is 16.7. The van der Waals surface area contributed by atoms with Gasteiger partial charge in [0.05, 0.1) is 21.7 Å². The van der Waals surface area contributed by atoms with Crippen molar-refractivity contribution >= 4 is 62.6 Å². The summed E-state index contributed by atoms with van der Waals surface area (Å²) in [6.45, 7) is 5.64. The predicted octanol–water partition coefficient (Wildman–Crippen LogP) is 4.36. The van der Waals surface area contributed by atoms with E-state index in [4.69, 9.17) is 4.74 Å². The second-order valence-electron chi connectivity index (χ2n) is 6.81. The molecule has 28 heavy (non-hydrogen) atoms. The topological polar surface area (TPSA) is 80.3 Å². The van der Waals surface area contributed by atoms with Crippen molar-refractivity contribution in [3.63, 3.8) is 0 Å². The standard InChI is InChI=1S/C19H27N3O3S3/c1-13(23)20-12-26-9-7-17(24)21-14-5-6-15-16(11-14)28-18(22-15)27-10-8-19(2,3)25-4/h5-6,11H,7-10,12H2,1-4H3,(H,20,23)(H,21,24). The fraction of sp³-hybridized carbons (Fsp3) is 0.526. The molecular formula is C19H27N3O3S3. The van der Waals surface area contributed by atoms with E-state index in [1.165, 1.54) is 18.7 Å². The highest BCUT2D eigenvalue weighted by atomic mass is 32.2. The summed E-state index contributed by atoms with van der Waals surface area (Å²) in [7, 11) is 1.74. The van der Waals surface area contributed by atoms with Gasteiger partial charge in [-0.3, -0.25) is 9.59 Å². The number of methoxy groups -OCH3 is 1. The summed E-state index contributed by atoms with van der Waals surface area (Å²) in [4.78, 5) is 27.5. The zero-order chi connectivity index (χ0) is 20.6. The Hall–Kier alpha value is -1.29. The Kier molecular flexibility index (Phi) is 9.07. The molecule has 0 saturated heterocycles. The fourth-order valence-corrected chi connectivity index (χ4v) is 5.34. The van der Waals surface area contributed by atoms with Crippen LogP contribution in [0.1, 0.15) is 33.6 Å². The number of amides is 2. The summed E-state index contributed by atoms with van der Waals surface area (Å²) in [6, 6.07) is 5.79. The lowest BCUT2D eigenvalue weighted by atomic mass is 10.1. The lowest BCUT2D eigenvalue weighted by Gasteiger charge is -2.21. The van der Waals surface area contributed by atoms with E-state index in [-0.39, 0.29) is 17.4 Å². The molecule has 2 amide bonds. The smallest absolute Gasteiger partial charge is 0.225 e. The van der Waals surface area contributed by atoms with E-state index < -0.39 is 0 Å². The van der Waals surface area contributed by atoms with Crippen LogP contribution in [0.3, 0.4) is 0 Å². The fourth-order valence-electron chi connectivity index (χ4n) is 2.14. The maximum atomic E-state index is 12.1. The molecule has 0 bridgehead atoms. The van der Waals surface area contributed by atoms with Crippen molar-refractivity contribution in [2.24, 2.45) is 0 Å². The van der Waals surface area contributed by atoms with Crippen molar-refractivity contribution in [2.75, 3.05) is 29.8 Å². The van der Waals surface area contributed by atoms with Crippen molar-refractivity contribution in [1.29, 1.82) is 0 Å². The number of ether oxygens (including phenoxy) is 1. The van der Waals surface area contributed by atoms with Crippen LogP contribution in [0, 0.1) is 0 Å². The van der Waals surface area contributed by atoms with Crippen molar-refractivity contribution < 1.29 is 14.3 Å². The monoisotopic (exact) mass is 441 g/mol. The molecule has 0 aliphatic heterocycles. The lowest BCUT2D eigenvalue weighted by molar-refractivity contribution is -0.118. The zero-order valence-corrected chi connectivity index (χ0v) is 19.1. The minimum atomic E-state index is -0.123. The molecule has 2 N–H and O–H groups in total. The SMILES string of the molecule is COC(C)(C)CCSc1nc2ccc(NC(=O)CCSCNC(C)=O)cc2s1. The van der Waals surface area contributed by atoms with Gasteiger partial charge in [-0.25, -0.2) is 4.98 Å². The van der Waals surface area contributed by atoms with Gasteiger partial charge < -0.3 is 15.4 Å². The number of carbonyl (C=O) groups is 2.